The fraction of sp³-hybridized carbons (Fsp3) is 0.125. The third-order valence-corrected chi connectivity index (χ3v) is 5.21. The van der Waals surface area contributed by atoms with Gasteiger partial charge in [-0.1, -0.05) is 28.1 Å². The van der Waals surface area contributed by atoms with Gasteiger partial charge in [0.25, 0.3) is 5.91 Å². The molecule has 0 spiro atoms. The predicted octanol–water partition coefficient (Wildman–Crippen LogP) is 5.23. The maximum atomic E-state index is 11.8. The first-order valence-electron chi connectivity index (χ1n) is 6.73. The number of hydrogen-bond donors (Lipinski definition) is 1. The molecule has 126 valence electrons. The Morgan fingerprint density at radius 3 is 2.42 bits per heavy atom. The molecular weight excluding hydrogens is 524 g/mol. The van der Waals surface area contributed by atoms with Crippen LogP contribution < -0.4 is 10.2 Å². The van der Waals surface area contributed by atoms with Crippen molar-refractivity contribution in [2.75, 3.05) is 12.9 Å². The van der Waals surface area contributed by atoms with Crippen molar-refractivity contribution >= 4 is 71.7 Å². The maximum Gasteiger partial charge on any atom is 0.277 e. The highest BCUT2D eigenvalue weighted by atomic mass is 79.9. The van der Waals surface area contributed by atoms with Crippen molar-refractivity contribution in [2.45, 2.75) is 4.90 Å². The van der Waals surface area contributed by atoms with Gasteiger partial charge in [-0.05, 0) is 67.9 Å². The van der Waals surface area contributed by atoms with Crippen LogP contribution >= 0.6 is 59.6 Å². The van der Waals surface area contributed by atoms with Crippen LogP contribution in [-0.4, -0.2) is 25.0 Å². The molecule has 0 saturated carbocycles. The minimum atomic E-state index is -0.339. The van der Waals surface area contributed by atoms with E-state index in [4.69, 9.17) is 4.74 Å². The molecule has 0 unspecified atom stereocenters. The first kappa shape index (κ1) is 19.5. The van der Waals surface area contributed by atoms with Gasteiger partial charge in [0.05, 0.1) is 15.2 Å². The quantitative estimate of drug-likeness (QED) is 0.313. The lowest BCUT2D eigenvalue weighted by Crippen LogP contribution is -2.24. The van der Waals surface area contributed by atoms with Crippen molar-refractivity contribution in [3.8, 4) is 5.75 Å². The van der Waals surface area contributed by atoms with Gasteiger partial charge in [0.15, 0.2) is 6.61 Å². The molecule has 0 aliphatic carbocycles. The summed E-state index contributed by atoms with van der Waals surface area (Å²) in [6, 6.07) is 11.6. The zero-order valence-corrected chi connectivity index (χ0v) is 18.1. The van der Waals surface area contributed by atoms with Crippen LogP contribution in [0.5, 0.6) is 5.75 Å². The van der Waals surface area contributed by atoms with E-state index in [1.807, 2.05) is 42.7 Å². The van der Waals surface area contributed by atoms with E-state index < -0.39 is 0 Å². The van der Waals surface area contributed by atoms with Crippen molar-refractivity contribution in [3.63, 3.8) is 0 Å². The number of ether oxygens (including phenoxy) is 1. The van der Waals surface area contributed by atoms with Crippen LogP contribution in [0.2, 0.25) is 0 Å². The van der Waals surface area contributed by atoms with Crippen LogP contribution in [0.15, 0.2) is 59.8 Å². The van der Waals surface area contributed by atoms with Crippen molar-refractivity contribution in [2.24, 2.45) is 5.10 Å². The number of hydrazone groups is 1. The first-order valence-corrected chi connectivity index (χ1v) is 10.3. The second-order valence-electron chi connectivity index (χ2n) is 4.55. The molecule has 4 nitrogen and oxygen atoms in total. The number of rotatable bonds is 6. The van der Waals surface area contributed by atoms with Gasteiger partial charge in [-0.3, -0.25) is 4.79 Å². The zero-order valence-electron chi connectivity index (χ0n) is 12.6. The Kier molecular flexibility index (Phi) is 7.80. The highest BCUT2D eigenvalue weighted by Crippen LogP contribution is 2.36. The fourth-order valence-corrected chi connectivity index (χ4v) is 4.60. The van der Waals surface area contributed by atoms with E-state index >= 15 is 0 Å². The molecule has 0 heterocycles. The van der Waals surface area contributed by atoms with Crippen molar-refractivity contribution in [3.05, 3.63) is 55.4 Å². The molecule has 0 fully saturated rings. The number of carbonyl (C=O) groups is 1. The molecule has 0 aliphatic heterocycles. The van der Waals surface area contributed by atoms with Crippen LogP contribution in [0.1, 0.15) is 5.56 Å². The van der Waals surface area contributed by atoms with Gasteiger partial charge in [0.2, 0.25) is 0 Å². The molecular formula is C16H13Br3N2O2S. The smallest absolute Gasteiger partial charge is 0.277 e. The van der Waals surface area contributed by atoms with E-state index in [1.54, 1.807) is 18.0 Å². The van der Waals surface area contributed by atoms with Crippen LogP contribution in [-0.2, 0) is 4.79 Å². The van der Waals surface area contributed by atoms with Gasteiger partial charge in [0, 0.05) is 9.37 Å². The Labute approximate surface area is 169 Å². The Morgan fingerprint density at radius 2 is 1.83 bits per heavy atom. The normalized spacial score (nSPS) is 10.8. The SMILES string of the molecule is CSc1ccc(/C=N/NC(=O)COc2c(Br)cc(Br)cc2Br)cc1. The second kappa shape index (κ2) is 9.60. The Bertz CT molecular complexity index is 728. The van der Waals surface area contributed by atoms with Gasteiger partial charge >= 0.3 is 0 Å². The van der Waals surface area contributed by atoms with Crippen molar-refractivity contribution in [1.29, 1.82) is 0 Å². The zero-order chi connectivity index (χ0) is 17.5. The summed E-state index contributed by atoms with van der Waals surface area (Å²) in [6.45, 7) is -0.137. The van der Waals surface area contributed by atoms with E-state index in [2.05, 4.69) is 58.3 Å². The number of carbonyl (C=O) groups excluding carboxylic acids is 1. The highest BCUT2D eigenvalue weighted by Gasteiger charge is 2.10. The first-order chi connectivity index (χ1) is 11.5. The van der Waals surface area contributed by atoms with Crippen molar-refractivity contribution < 1.29 is 9.53 Å². The molecule has 0 aliphatic rings. The van der Waals surface area contributed by atoms with E-state index in [-0.39, 0.29) is 12.5 Å². The summed E-state index contributed by atoms with van der Waals surface area (Å²) < 4.78 is 7.90. The number of nitrogens with one attached hydrogen (secondary N) is 1. The molecule has 2 aromatic carbocycles. The van der Waals surface area contributed by atoms with Crippen LogP contribution in [0.25, 0.3) is 0 Å². The summed E-state index contributed by atoms with van der Waals surface area (Å²) in [7, 11) is 0. The third-order valence-electron chi connectivity index (χ3n) is 2.83. The largest absolute Gasteiger partial charge is 0.481 e. The number of amides is 1. The van der Waals surface area contributed by atoms with Gasteiger partial charge in [-0.25, -0.2) is 5.43 Å². The van der Waals surface area contributed by atoms with Gasteiger partial charge in [0.1, 0.15) is 5.75 Å². The monoisotopic (exact) mass is 534 g/mol. The standard InChI is InChI=1S/C16H13Br3N2O2S/c1-24-12-4-2-10(3-5-12)8-20-21-15(22)9-23-16-13(18)6-11(17)7-14(16)19/h2-8H,9H2,1H3,(H,21,22)/b20-8+. The molecule has 0 atom stereocenters. The minimum absolute atomic E-state index is 0.137. The Balaban J connectivity index is 1.86. The lowest BCUT2D eigenvalue weighted by molar-refractivity contribution is -0.123. The predicted molar refractivity (Wildman–Crippen MR) is 109 cm³/mol. The molecule has 0 radical (unpaired) electrons. The molecule has 0 bridgehead atoms. The van der Waals surface area contributed by atoms with Gasteiger partial charge in [-0.15, -0.1) is 11.8 Å². The molecule has 8 heteroatoms. The van der Waals surface area contributed by atoms with E-state index in [0.717, 1.165) is 19.0 Å². The summed E-state index contributed by atoms with van der Waals surface area (Å²) in [5.41, 5.74) is 3.35. The highest BCUT2D eigenvalue weighted by molar-refractivity contribution is 9.11. The summed E-state index contributed by atoms with van der Waals surface area (Å²) >= 11 is 11.8. The number of halogens is 3. The summed E-state index contributed by atoms with van der Waals surface area (Å²) in [5, 5.41) is 3.93. The summed E-state index contributed by atoms with van der Waals surface area (Å²) in [5.74, 6) is 0.221. The molecule has 2 rings (SSSR count). The lowest BCUT2D eigenvalue weighted by atomic mass is 10.2. The third kappa shape index (κ3) is 5.91. The van der Waals surface area contributed by atoms with Crippen LogP contribution in [0.4, 0.5) is 0 Å². The van der Waals surface area contributed by atoms with E-state index in [1.165, 1.54) is 4.90 Å². The van der Waals surface area contributed by atoms with E-state index in [9.17, 15) is 4.79 Å². The fourth-order valence-electron chi connectivity index (χ4n) is 1.71. The lowest BCUT2D eigenvalue weighted by Gasteiger charge is -2.09. The van der Waals surface area contributed by atoms with Crippen LogP contribution in [0, 0.1) is 0 Å². The number of hydrogen-bond acceptors (Lipinski definition) is 4. The topological polar surface area (TPSA) is 50.7 Å². The summed E-state index contributed by atoms with van der Waals surface area (Å²) in [6.07, 6.45) is 3.61. The average molecular weight is 537 g/mol. The maximum absolute atomic E-state index is 11.8. The second-order valence-corrected chi connectivity index (χ2v) is 8.06. The van der Waals surface area contributed by atoms with Crippen LogP contribution in [0.3, 0.4) is 0 Å². The van der Waals surface area contributed by atoms with Gasteiger partial charge < -0.3 is 4.74 Å². The van der Waals surface area contributed by atoms with Crippen molar-refractivity contribution in [1.82, 2.24) is 5.43 Å². The molecule has 1 N–H and O–H groups in total. The molecule has 24 heavy (non-hydrogen) atoms. The number of benzene rings is 2. The minimum Gasteiger partial charge on any atom is -0.481 e. The molecule has 0 saturated heterocycles. The Morgan fingerprint density at radius 1 is 1.21 bits per heavy atom. The molecule has 0 aromatic heterocycles. The molecule has 2 aromatic rings. The average Bonchev–Trinajstić information content (AvgIpc) is 2.54. The molecule has 1 amide bonds. The van der Waals surface area contributed by atoms with Gasteiger partial charge in [-0.2, -0.15) is 5.10 Å². The number of nitrogens with zero attached hydrogens (tertiary/aromatic N) is 1. The number of thioether (sulfide) groups is 1. The Hall–Kier alpha value is -0.830. The summed E-state index contributed by atoms with van der Waals surface area (Å²) in [4.78, 5) is 13.0. The van der Waals surface area contributed by atoms with E-state index in [0.29, 0.717) is 5.75 Å².